The first-order valence-corrected chi connectivity index (χ1v) is 5.08. The van der Waals surface area contributed by atoms with Gasteiger partial charge in [-0.25, -0.2) is 0 Å². The molecule has 1 rings (SSSR count). The molecule has 78 valence electrons. The van der Waals surface area contributed by atoms with Crippen molar-refractivity contribution in [2.45, 2.75) is 10.2 Å². The van der Waals surface area contributed by atoms with Crippen molar-refractivity contribution in [3.63, 3.8) is 0 Å². The van der Waals surface area contributed by atoms with E-state index in [1.807, 2.05) is 6.07 Å². The van der Waals surface area contributed by atoms with Gasteiger partial charge < -0.3 is 4.90 Å². The van der Waals surface area contributed by atoms with Gasteiger partial charge in [-0.15, -0.1) is 0 Å². The maximum atomic E-state index is 13.3. The van der Waals surface area contributed by atoms with Crippen LogP contribution in [0.5, 0.6) is 0 Å². The van der Waals surface area contributed by atoms with Gasteiger partial charge in [-0.2, -0.15) is 8.78 Å². The van der Waals surface area contributed by atoms with Gasteiger partial charge in [0, 0.05) is 4.90 Å². The van der Waals surface area contributed by atoms with Crippen LogP contribution in [0.25, 0.3) is 0 Å². The van der Waals surface area contributed by atoms with E-state index in [0.29, 0.717) is 16.7 Å². The lowest BCUT2D eigenvalue weighted by Gasteiger charge is -2.19. The molecule has 0 spiro atoms. The Labute approximate surface area is 87.1 Å². The molecule has 4 heteroatoms. The molecular formula is C10H13F2NS. The molecule has 0 unspecified atom stereocenters. The molecule has 0 aliphatic rings. The maximum Gasteiger partial charge on any atom is 0.310 e. The van der Waals surface area contributed by atoms with Crippen LogP contribution in [0.15, 0.2) is 35.2 Å². The summed E-state index contributed by atoms with van der Waals surface area (Å²) >= 11 is 0.599. The molecule has 0 amide bonds. The average Bonchev–Trinajstić information content (AvgIpc) is 2.02. The minimum absolute atomic E-state index is 0.243. The van der Waals surface area contributed by atoms with Gasteiger partial charge in [0.05, 0.1) is 6.54 Å². The number of rotatable bonds is 4. The van der Waals surface area contributed by atoms with Crippen LogP contribution in [0.2, 0.25) is 0 Å². The fourth-order valence-corrected chi connectivity index (χ4v) is 2.02. The topological polar surface area (TPSA) is 3.24 Å². The zero-order valence-corrected chi connectivity index (χ0v) is 9.02. The first-order chi connectivity index (χ1) is 6.49. The van der Waals surface area contributed by atoms with Crippen molar-refractivity contribution in [1.82, 2.24) is 4.90 Å². The normalized spacial score (nSPS) is 12.1. The van der Waals surface area contributed by atoms with Crippen molar-refractivity contribution >= 4 is 11.8 Å². The number of thioether (sulfide) groups is 1. The summed E-state index contributed by atoms with van der Waals surface area (Å²) in [6, 6.07) is 8.71. The van der Waals surface area contributed by atoms with Crippen LogP contribution in [-0.4, -0.2) is 30.8 Å². The lowest BCUT2D eigenvalue weighted by atomic mass is 10.4. The Morgan fingerprint density at radius 3 is 2.29 bits per heavy atom. The molecule has 14 heavy (non-hydrogen) atoms. The number of hydrogen-bond donors (Lipinski definition) is 0. The monoisotopic (exact) mass is 217 g/mol. The van der Waals surface area contributed by atoms with Gasteiger partial charge in [0.15, 0.2) is 0 Å². The second-order valence-corrected chi connectivity index (χ2v) is 4.56. The standard InChI is InChI=1S/C10H13F2NS/c1-13(2)8-10(11,12)14-9-6-4-3-5-7-9/h3-7H,8H2,1-2H3. The Morgan fingerprint density at radius 1 is 1.21 bits per heavy atom. The van der Waals surface area contributed by atoms with E-state index < -0.39 is 5.25 Å². The summed E-state index contributed by atoms with van der Waals surface area (Å²) in [7, 11) is 3.28. The van der Waals surface area contributed by atoms with Gasteiger partial charge in [-0.05, 0) is 26.2 Å². The molecule has 0 aromatic heterocycles. The quantitative estimate of drug-likeness (QED) is 0.713. The molecule has 0 aliphatic carbocycles. The Bertz CT molecular complexity index is 275. The van der Waals surface area contributed by atoms with Crippen molar-refractivity contribution < 1.29 is 8.78 Å². The first-order valence-electron chi connectivity index (χ1n) is 4.26. The van der Waals surface area contributed by atoms with Gasteiger partial charge >= 0.3 is 5.25 Å². The summed E-state index contributed by atoms with van der Waals surface area (Å²) in [5.74, 6) is 0. The molecule has 0 aliphatic heterocycles. The summed E-state index contributed by atoms with van der Waals surface area (Å²) < 4.78 is 26.6. The number of alkyl halides is 2. The molecule has 0 bridgehead atoms. The van der Waals surface area contributed by atoms with E-state index in [1.54, 1.807) is 38.4 Å². The summed E-state index contributed by atoms with van der Waals surface area (Å²) in [6.45, 7) is -0.243. The summed E-state index contributed by atoms with van der Waals surface area (Å²) in [4.78, 5) is 2.08. The maximum absolute atomic E-state index is 13.3. The van der Waals surface area contributed by atoms with Crippen molar-refractivity contribution in [2.75, 3.05) is 20.6 Å². The summed E-state index contributed by atoms with van der Waals surface area (Å²) in [6.07, 6.45) is 0. The highest BCUT2D eigenvalue weighted by atomic mass is 32.2. The largest absolute Gasteiger partial charge is 0.310 e. The van der Waals surface area contributed by atoms with E-state index in [2.05, 4.69) is 0 Å². The zero-order chi connectivity index (χ0) is 10.6. The fraction of sp³-hybridized carbons (Fsp3) is 0.400. The number of benzene rings is 1. The number of halogens is 2. The zero-order valence-electron chi connectivity index (χ0n) is 8.21. The fourth-order valence-electron chi connectivity index (χ4n) is 1.06. The summed E-state index contributed by atoms with van der Waals surface area (Å²) in [5.41, 5.74) is 0. The molecule has 0 saturated carbocycles. The Balaban J connectivity index is 2.59. The van der Waals surface area contributed by atoms with E-state index in [-0.39, 0.29) is 6.54 Å². The minimum atomic E-state index is -2.73. The molecular weight excluding hydrogens is 204 g/mol. The lowest BCUT2D eigenvalue weighted by Crippen LogP contribution is -2.28. The van der Waals surface area contributed by atoms with Gasteiger partial charge in [-0.1, -0.05) is 30.0 Å². The van der Waals surface area contributed by atoms with E-state index in [4.69, 9.17) is 0 Å². The smallest absolute Gasteiger partial charge is 0.303 e. The Morgan fingerprint density at radius 2 is 1.79 bits per heavy atom. The molecule has 0 atom stereocenters. The number of hydrogen-bond acceptors (Lipinski definition) is 2. The molecule has 0 fully saturated rings. The van der Waals surface area contributed by atoms with E-state index in [1.165, 1.54) is 4.90 Å². The van der Waals surface area contributed by atoms with Crippen LogP contribution in [-0.2, 0) is 0 Å². The number of nitrogens with zero attached hydrogens (tertiary/aromatic N) is 1. The van der Waals surface area contributed by atoms with Crippen LogP contribution in [0, 0.1) is 0 Å². The average molecular weight is 217 g/mol. The molecule has 0 radical (unpaired) electrons. The van der Waals surface area contributed by atoms with Gasteiger partial charge in [0.2, 0.25) is 0 Å². The minimum Gasteiger partial charge on any atom is -0.303 e. The highest BCUT2D eigenvalue weighted by Crippen LogP contribution is 2.35. The van der Waals surface area contributed by atoms with Gasteiger partial charge in [0.25, 0.3) is 0 Å². The Kier molecular flexibility index (Phi) is 3.89. The highest BCUT2D eigenvalue weighted by Gasteiger charge is 2.30. The second kappa shape index (κ2) is 4.75. The molecule has 0 saturated heterocycles. The molecule has 1 aromatic carbocycles. The first kappa shape index (κ1) is 11.5. The van der Waals surface area contributed by atoms with E-state index in [0.717, 1.165) is 0 Å². The van der Waals surface area contributed by atoms with Crippen molar-refractivity contribution in [3.8, 4) is 0 Å². The van der Waals surface area contributed by atoms with Gasteiger partial charge in [-0.3, -0.25) is 0 Å². The predicted molar refractivity (Wildman–Crippen MR) is 55.8 cm³/mol. The Hall–Kier alpha value is -0.610. The highest BCUT2D eigenvalue weighted by molar-refractivity contribution is 8.00. The van der Waals surface area contributed by atoms with Crippen LogP contribution < -0.4 is 0 Å². The lowest BCUT2D eigenvalue weighted by molar-refractivity contribution is 0.0731. The molecule has 0 N–H and O–H groups in total. The third kappa shape index (κ3) is 4.07. The van der Waals surface area contributed by atoms with Crippen molar-refractivity contribution in [2.24, 2.45) is 0 Å². The van der Waals surface area contributed by atoms with Crippen molar-refractivity contribution in [3.05, 3.63) is 30.3 Å². The van der Waals surface area contributed by atoms with Gasteiger partial charge in [0.1, 0.15) is 0 Å². The SMILES string of the molecule is CN(C)CC(F)(F)Sc1ccccc1. The summed E-state index contributed by atoms with van der Waals surface area (Å²) in [5, 5.41) is -2.73. The van der Waals surface area contributed by atoms with Crippen LogP contribution in [0.4, 0.5) is 8.78 Å². The van der Waals surface area contributed by atoms with E-state index in [9.17, 15) is 8.78 Å². The van der Waals surface area contributed by atoms with Crippen LogP contribution >= 0.6 is 11.8 Å². The predicted octanol–water partition coefficient (Wildman–Crippen LogP) is 2.93. The third-order valence-corrected chi connectivity index (χ3v) is 2.45. The molecule has 1 aromatic rings. The molecule has 0 heterocycles. The third-order valence-electron chi connectivity index (χ3n) is 1.51. The molecule has 1 nitrogen and oxygen atoms in total. The van der Waals surface area contributed by atoms with E-state index >= 15 is 0 Å². The van der Waals surface area contributed by atoms with Crippen LogP contribution in [0.1, 0.15) is 0 Å². The second-order valence-electron chi connectivity index (χ2n) is 3.29. The van der Waals surface area contributed by atoms with Crippen molar-refractivity contribution in [1.29, 1.82) is 0 Å². The van der Waals surface area contributed by atoms with Crippen LogP contribution in [0.3, 0.4) is 0 Å².